The van der Waals surface area contributed by atoms with Gasteiger partial charge in [-0.15, -0.1) is 0 Å². The zero-order valence-electron chi connectivity index (χ0n) is 7.44. The van der Waals surface area contributed by atoms with Crippen molar-refractivity contribution in [2.24, 2.45) is 0 Å². The molecule has 0 amide bonds. The molecule has 0 unspecified atom stereocenters. The van der Waals surface area contributed by atoms with E-state index < -0.39 is 17.6 Å². The van der Waals surface area contributed by atoms with Gasteiger partial charge in [-0.2, -0.15) is 0 Å². The molecule has 76 valence electrons. The van der Waals surface area contributed by atoms with E-state index in [2.05, 4.69) is 9.97 Å². The lowest BCUT2D eigenvalue weighted by molar-refractivity contribution is 0.0684. The molecule has 0 fully saturated rings. The van der Waals surface area contributed by atoms with Gasteiger partial charge >= 0.3 is 5.97 Å². The molecule has 3 N–H and O–H groups in total. The molecule has 1 aromatic carbocycles. The number of nitrogens with zero attached hydrogens (tertiary/aromatic N) is 2. The average molecular weight is 207 g/mol. The monoisotopic (exact) mass is 207 g/mol. The molecule has 0 aliphatic rings. The summed E-state index contributed by atoms with van der Waals surface area (Å²) in [4.78, 5) is 17.9. The summed E-state index contributed by atoms with van der Waals surface area (Å²) >= 11 is 0. The van der Waals surface area contributed by atoms with Crippen molar-refractivity contribution < 1.29 is 14.3 Å². The Morgan fingerprint density at radius 2 is 2.13 bits per heavy atom. The first-order chi connectivity index (χ1) is 7.08. The Morgan fingerprint density at radius 1 is 1.40 bits per heavy atom. The standard InChI is InChI=1S/C9H6FN3O2/c10-4-1-2-6-5(3-4)7(11)13-8(12-6)9(14)15/h1-3H,(H,14,15)(H2,11,12,13). The summed E-state index contributed by atoms with van der Waals surface area (Å²) < 4.78 is 12.8. The van der Waals surface area contributed by atoms with Crippen LogP contribution >= 0.6 is 0 Å². The van der Waals surface area contributed by atoms with Crippen LogP contribution in [0.1, 0.15) is 10.6 Å². The lowest BCUT2D eigenvalue weighted by Crippen LogP contribution is -2.07. The van der Waals surface area contributed by atoms with Crippen LogP contribution in [0.25, 0.3) is 10.9 Å². The van der Waals surface area contributed by atoms with Crippen LogP contribution in [0.5, 0.6) is 0 Å². The smallest absolute Gasteiger partial charge is 0.374 e. The molecule has 0 spiro atoms. The Hall–Kier alpha value is -2.24. The summed E-state index contributed by atoms with van der Waals surface area (Å²) in [6, 6.07) is 3.70. The van der Waals surface area contributed by atoms with Gasteiger partial charge in [0.1, 0.15) is 11.6 Å². The van der Waals surface area contributed by atoms with Gasteiger partial charge in [-0.05, 0) is 18.2 Å². The highest BCUT2D eigenvalue weighted by molar-refractivity contribution is 5.92. The van der Waals surface area contributed by atoms with Crippen LogP contribution in [0.4, 0.5) is 10.2 Å². The molecule has 0 bridgehead atoms. The molecule has 15 heavy (non-hydrogen) atoms. The lowest BCUT2D eigenvalue weighted by Gasteiger charge is -2.02. The largest absolute Gasteiger partial charge is 0.475 e. The van der Waals surface area contributed by atoms with Gasteiger partial charge in [0.25, 0.3) is 0 Å². The molecular formula is C9H6FN3O2. The topological polar surface area (TPSA) is 89.1 Å². The van der Waals surface area contributed by atoms with Gasteiger partial charge in [0.05, 0.1) is 5.52 Å². The Labute approximate surface area is 83.4 Å². The van der Waals surface area contributed by atoms with E-state index in [0.29, 0.717) is 10.9 Å². The molecule has 0 aliphatic carbocycles. The van der Waals surface area contributed by atoms with E-state index in [-0.39, 0.29) is 5.82 Å². The van der Waals surface area contributed by atoms with Crippen molar-refractivity contribution in [1.82, 2.24) is 9.97 Å². The van der Waals surface area contributed by atoms with Crippen LogP contribution in [0.15, 0.2) is 18.2 Å². The average Bonchev–Trinajstić information content (AvgIpc) is 2.18. The summed E-state index contributed by atoms with van der Waals surface area (Å²) in [6.45, 7) is 0. The minimum absolute atomic E-state index is 0.0445. The Bertz CT molecular complexity index is 556. The van der Waals surface area contributed by atoms with Crippen LogP contribution < -0.4 is 5.73 Å². The molecule has 1 aromatic heterocycles. The van der Waals surface area contributed by atoms with Crippen molar-refractivity contribution in [2.75, 3.05) is 5.73 Å². The first-order valence-electron chi connectivity index (χ1n) is 4.04. The van der Waals surface area contributed by atoms with Gasteiger partial charge in [0.15, 0.2) is 0 Å². The Balaban J connectivity index is 2.78. The third kappa shape index (κ3) is 1.56. The van der Waals surface area contributed by atoms with E-state index in [1.165, 1.54) is 12.1 Å². The molecule has 1 heterocycles. The molecule has 0 saturated heterocycles. The Morgan fingerprint density at radius 3 is 2.80 bits per heavy atom. The van der Waals surface area contributed by atoms with Gasteiger partial charge in [-0.3, -0.25) is 0 Å². The molecule has 2 rings (SSSR count). The van der Waals surface area contributed by atoms with Crippen molar-refractivity contribution in [3.63, 3.8) is 0 Å². The summed E-state index contributed by atoms with van der Waals surface area (Å²) in [5.74, 6) is -2.18. The normalized spacial score (nSPS) is 10.5. The second-order valence-corrected chi connectivity index (χ2v) is 2.90. The number of fused-ring (bicyclic) bond motifs is 1. The minimum atomic E-state index is -1.27. The van der Waals surface area contributed by atoms with E-state index in [4.69, 9.17) is 10.8 Å². The number of anilines is 1. The molecule has 0 aliphatic heterocycles. The second-order valence-electron chi connectivity index (χ2n) is 2.90. The number of halogens is 1. The van der Waals surface area contributed by atoms with E-state index in [0.717, 1.165) is 6.07 Å². The number of nitrogens with two attached hydrogens (primary N) is 1. The fraction of sp³-hybridized carbons (Fsp3) is 0. The predicted octanol–water partition coefficient (Wildman–Crippen LogP) is 1.05. The number of hydrogen-bond donors (Lipinski definition) is 2. The van der Waals surface area contributed by atoms with Gasteiger partial charge < -0.3 is 10.8 Å². The fourth-order valence-corrected chi connectivity index (χ4v) is 1.22. The highest BCUT2D eigenvalue weighted by Gasteiger charge is 2.11. The van der Waals surface area contributed by atoms with Crippen molar-refractivity contribution in [1.29, 1.82) is 0 Å². The number of aromatic nitrogens is 2. The van der Waals surface area contributed by atoms with Gasteiger partial charge in [0, 0.05) is 5.39 Å². The fourth-order valence-electron chi connectivity index (χ4n) is 1.22. The third-order valence-electron chi connectivity index (χ3n) is 1.88. The van der Waals surface area contributed by atoms with Crippen LogP contribution in [0, 0.1) is 5.82 Å². The van der Waals surface area contributed by atoms with Crippen molar-refractivity contribution in [3.8, 4) is 0 Å². The molecule has 5 nitrogen and oxygen atoms in total. The summed E-state index contributed by atoms with van der Waals surface area (Å²) in [5.41, 5.74) is 5.79. The molecule has 0 atom stereocenters. The number of benzene rings is 1. The van der Waals surface area contributed by atoms with E-state index in [9.17, 15) is 9.18 Å². The van der Waals surface area contributed by atoms with Crippen LogP contribution in [0.3, 0.4) is 0 Å². The predicted molar refractivity (Wildman–Crippen MR) is 50.9 cm³/mol. The molecule has 0 radical (unpaired) electrons. The van der Waals surface area contributed by atoms with Crippen molar-refractivity contribution in [3.05, 3.63) is 29.8 Å². The summed E-state index contributed by atoms with van der Waals surface area (Å²) in [5, 5.41) is 8.97. The number of carboxylic acids is 1. The zero-order chi connectivity index (χ0) is 11.0. The molecule has 0 saturated carbocycles. The lowest BCUT2D eigenvalue weighted by atomic mass is 10.2. The number of rotatable bonds is 1. The van der Waals surface area contributed by atoms with Crippen LogP contribution in [0.2, 0.25) is 0 Å². The number of carbonyl (C=O) groups is 1. The van der Waals surface area contributed by atoms with Crippen molar-refractivity contribution >= 4 is 22.7 Å². The van der Waals surface area contributed by atoms with E-state index >= 15 is 0 Å². The third-order valence-corrected chi connectivity index (χ3v) is 1.88. The quantitative estimate of drug-likeness (QED) is 0.729. The maximum Gasteiger partial charge on any atom is 0.374 e. The zero-order valence-corrected chi connectivity index (χ0v) is 7.44. The molecular weight excluding hydrogens is 201 g/mol. The number of hydrogen-bond acceptors (Lipinski definition) is 4. The van der Waals surface area contributed by atoms with Crippen LogP contribution in [-0.2, 0) is 0 Å². The van der Waals surface area contributed by atoms with Gasteiger partial charge in [-0.25, -0.2) is 19.2 Å². The second kappa shape index (κ2) is 3.16. The number of aromatic carboxylic acids is 1. The first kappa shape index (κ1) is 9.32. The van der Waals surface area contributed by atoms with E-state index in [1.54, 1.807) is 0 Å². The van der Waals surface area contributed by atoms with Gasteiger partial charge in [-0.1, -0.05) is 0 Å². The van der Waals surface area contributed by atoms with E-state index in [1.807, 2.05) is 0 Å². The number of carboxylic acid groups (broad SMARTS) is 1. The van der Waals surface area contributed by atoms with Crippen molar-refractivity contribution in [2.45, 2.75) is 0 Å². The summed E-state index contributed by atoms with van der Waals surface area (Å²) in [7, 11) is 0. The highest BCUT2D eigenvalue weighted by atomic mass is 19.1. The maximum atomic E-state index is 12.8. The Kier molecular flexibility index (Phi) is 1.96. The minimum Gasteiger partial charge on any atom is -0.475 e. The highest BCUT2D eigenvalue weighted by Crippen LogP contribution is 2.18. The molecule has 2 aromatic rings. The number of nitrogen functional groups attached to an aromatic ring is 1. The maximum absolute atomic E-state index is 12.8. The van der Waals surface area contributed by atoms with Gasteiger partial charge in [0.2, 0.25) is 5.82 Å². The summed E-state index contributed by atoms with van der Waals surface area (Å²) in [6.07, 6.45) is 0. The SMILES string of the molecule is Nc1nc(C(=O)O)nc2ccc(F)cc12. The van der Waals surface area contributed by atoms with Crippen LogP contribution in [-0.4, -0.2) is 21.0 Å². The molecule has 6 heteroatoms. The first-order valence-corrected chi connectivity index (χ1v) is 4.04.